The molecule has 4 heteroatoms. The van der Waals surface area contributed by atoms with Crippen LogP contribution in [-0.4, -0.2) is 13.0 Å². The van der Waals surface area contributed by atoms with Crippen LogP contribution in [-0.2, 0) is 22.1 Å². The second-order valence-electron chi connectivity index (χ2n) is 8.63. The maximum atomic E-state index is 6.96. The van der Waals surface area contributed by atoms with Crippen LogP contribution in [0.5, 0.6) is 0 Å². The maximum absolute atomic E-state index is 6.96. The van der Waals surface area contributed by atoms with Crippen molar-refractivity contribution < 1.29 is 22.1 Å². The minimum absolute atomic E-state index is 0. The SMILES string of the molecule is Cl.[CH3][Zr]([CH3])(=[SiH2])[O]C(C1C=CC2=C1CCCC2)C1C=CC2=C1CCCC2. The molecule has 2 unspecified atom stereocenters. The number of hydrogen-bond donors (Lipinski definition) is 0. The summed E-state index contributed by atoms with van der Waals surface area (Å²) in [5.74, 6) is 1.09. The molecule has 2 atom stereocenters. The predicted molar refractivity (Wildman–Crippen MR) is 109 cm³/mol. The van der Waals surface area contributed by atoms with E-state index in [0.29, 0.717) is 17.9 Å². The Hall–Kier alpha value is 0.310. The number of halogens is 1. The van der Waals surface area contributed by atoms with Crippen molar-refractivity contribution in [2.45, 2.75) is 66.7 Å². The fourth-order valence-corrected chi connectivity index (χ4v) is 8.74. The Morgan fingerprint density at radius 3 is 1.76 bits per heavy atom. The van der Waals surface area contributed by atoms with Gasteiger partial charge in [0.05, 0.1) is 0 Å². The molecule has 0 amide bonds. The van der Waals surface area contributed by atoms with Gasteiger partial charge >= 0.3 is 154 Å². The molecule has 0 aromatic carbocycles. The molecule has 0 spiro atoms. The Labute approximate surface area is 165 Å². The molecule has 0 aromatic rings. The van der Waals surface area contributed by atoms with Crippen molar-refractivity contribution >= 4 is 19.3 Å². The van der Waals surface area contributed by atoms with Gasteiger partial charge in [0, 0.05) is 0 Å². The fourth-order valence-electron chi connectivity index (χ4n) is 5.07. The van der Waals surface area contributed by atoms with Crippen molar-refractivity contribution in [3.05, 3.63) is 46.6 Å². The molecular formula is C21H32ClOSiZr. The molecule has 0 radical (unpaired) electrons. The average molecular weight is 455 g/mol. The van der Waals surface area contributed by atoms with E-state index in [1.165, 1.54) is 51.4 Å². The van der Waals surface area contributed by atoms with Gasteiger partial charge in [-0.15, -0.1) is 12.4 Å². The van der Waals surface area contributed by atoms with E-state index in [-0.39, 0.29) is 12.4 Å². The first-order valence-electron chi connectivity index (χ1n) is 9.86. The molecule has 0 saturated carbocycles. The van der Waals surface area contributed by atoms with Crippen LogP contribution in [0.25, 0.3) is 0 Å². The molecule has 4 aliphatic carbocycles. The van der Waals surface area contributed by atoms with Crippen LogP contribution in [0.1, 0.15) is 51.4 Å². The monoisotopic (exact) mass is 453 g/mol. The Balaban J connectivity index is 0.00000182. The van der Waals surface area contributed by atoms with E-state index in [9.17, 15) is 0 Å². The summed E-state index contributed by atoms with van der Waals surface area (Å²) in [5.41, 5.74) is 6.74. The first kappa shape index (κ1) is 20.1. The second-order valence-corrected chi connectivity index (χ2v) is 27.9. The number of hydrogen-bond acceptors (Lipinski definition) is 1. The quantitative estimate of drug-likeness (QED) is 0.501. The molecule has 0 fully saturated rings. The van der Waals surface area contributed by atoms with Crippen LogP contribution >= 0.6 is 12.4 Å². The van der Waals surface area contributed by atoms with Gasteiger partial charge in [-0.2, -0.15) is 0 Å². The van der Waals surface area contributed by atoms with E-state index in [1.54, 1.807) is 22.3 Å². The van der Waals surface area contributed by atoms with Crippen molar-refractivity contribution in [1.82, 2.24) is 0 Å². The van der Waals surface area contributed by atoms with Crippen LogP contribution in [0.3, 0.4) is 0 Å². The van der Waals surface area contributed by atoms with Crippen molar-refractivity contribution in [2.75, 3.05) is 0 Å². The van der Waals surface area contributed by atoms with E-state index < -0.39 is 19.3 Å². The average Bonchev–Trinajstić information content (AvgIpc) is 3.16. The zero-order valence-corrected chi connectivity index (χ0v) is 20.4. The summed E-state index contributed by atoms with van der Waals surface area (Å²) in [6, 6.07) is 0. The molecule has 0 aliphatic heterocycles. The molecule has 0 N–H and O–H groups in total. The van der Waals surface area contributed by atoms with Gasteiger partial charge in [-0.25, -0.2) is 0 Å². The van der Waals surface area contributed by atoms with Crippen molar-refractivity contribution in [1.29, 1.82) is 0 Å². The van der Waals surface area contributed by atoms with Gasteiger partial charge in [0.25, 0.3) is 0 Å². The summed E-state index contributed by atoms with van der Waals surface area (Å²) < 4.78 is 11.8. The molecule has 137 valence electrons. The van der Waals surface area contributed by atoms with Crippen molar-refractivity contribution in [3.8, 4) is 0 Å². The summed E-state index contributed by atoms with van der Waals surface area (Å²) in [6.07, 6.45) is 20.9. The first-order chi connectivity index (χ1) is 11.5. The third-order valence-corrected chi connectivity index (χ3v) is 9.31. The van der Waals surface area contributed by atoms with E-state index in [1.807, 2.05) is 0 Å². The summed E-state index contributed by atoms with van der Waals surface area (Å²) in [4.78, 5) is 0. The predicted octanol–water partition coefficient (Wildman–Crippen LogP) is 5.62. The normalized spacial score (nSPS) is 29.5. The van der Waals surface area contributed by atoms with Gasteiger partial charge in [0.2, 0.25) is 0 Å². The molecular weight excluding hydrogens is 423 g/mol. The van der Waals surface area contributed by atoms with Crippen LogP contribution < -0.4 is 0 Å². The van der Waals surface area contributed by atoms with E-state index in [0.717, 1.165) is 0 Å². The molecule has 4 aliphatic rings. The molecule has 0 aromatic heterocycles. The van der Waals surface area contributed by atoms with Crippen LogP contribution in [0, 0.1) is 11.8 Å². The van der Waals surface area contributed by atoms with E-state index in [4.69, 9.17) is 2.81 Å². The second kappa shape index (κ2) is 8.13. The van der Waals surface area contributed by atoms with Gasteiger partial charge in [0.15, 0.2) is 0 Å². The van der Waals surface area contributed by atoms with Crippen LogP contribution in [0.2, 0.25) is 9.26 Å². The third-order valence-electron chi connectivity index (χ3n) is 6.09. The topological polar surface area (TPSA) is 9.23 Å². The summed E-state index contributed by atoms with van der Waals surface area (Å²) in [5, 5.41) is 0. The van der Waals surface area contributed by atoms with E-state index in [2.05, 4.69) is 40.4 Å². The summed E-state index contributed by atoms with van der Waals surface area (Å²) in [7, 11) is 0. The standard InChI is InChI=1S/C19H23O.2CH3.ClH.H2Si.Zr/c20-19(17-11-9-13-5-1-3-7-15(13)17)18-12-10-14-6-2-4-8-16(14)18;;;;;/h9-12,17-19H,1-8H2;2*1H3;1H;1H2;/q-1;;;;;+1. The first-order valence-corrected chi connectivity index (χ1v) is 21.7. The molecule has 0 bridgehead atoms. The zero-order valence-electron chi connectivity index (χ0n) is 15.7. The van der Waals surface area contributed by atoms with Crippen molar-refractivity contribution in [3.63, 3.8) is 0 Å². The van der Waals surface area contributed by atoms with Gasteiger partial charge < -0.3 is 0 Å². The van der Waals surface area contributed by atoms with E-state index >= 15 is 0 Å². The van der Waals surface area contributed by atoms with Gasteiger partial charge in [-0.3, -0.25) is 0 Å². The van der Waals surface area contributed by atoms with Gasteiger partial charge in [0.1, 0.15) is 0 Å². The fraction of sp³-hybridized carbons (Fsp3) is 0.619. The van der Waals surface area contributed by atoms with Crippen molar-refractivity contribution in [2.24, 2.45) is 11.8 Å². The Morgan fingerprint density at radius 2 is 1.32 bits per heavy atom. The molecule has 25 heavy (non-hydrogen) atoms. The molecule has 0 saturated heterocycles. The molecule has 4 rings (SSSR count). The zero-order chi connectivity index (χ0) is 16.7. The number of rotatable bonds is 4. The minimum atomic E-state index is -2.31. The Bertz CT molecular complexity index is 649. The third kappa shape index (κ3) is 4.26. The van der Waals surface area contributed by atoms with Gasteiger partial charge in [-0.1, -0.05) is 0 Å². The van der Waals surface area contributed by atoms with Crippen LogP contribution in [0.4, 0.5) is 0 Å². The van der Waals surface area contributed by atoms with Crippen LogP contribution in [0.15, 0.2) is 46.6 Å². The Morgan fingerprint density at radius 1 is 0.880 bits per heavy atom. The van der Waals surface area contributed by atoms with Gasteiger partial charge in [-0.05, 0) is 0 Å². The summed E-state index contributed by atoms with van der Waals surface area (Å²) >= 11 is -2.31. The summed E-state index contributed by atoms with van der Waals surface area (Å²) in [6.45, 7) is 2.19. The molecule has 0 heterocycles. The Kier molecular flexibility index (Phi) is 6.52. The molecule has 1 nitrogen and oxygen atoms in total. The number of allylic oxidation sites excluding steroid dienone is 4.